The topological polar surface area (TPSA) is 82.4 Å². The van der Waals surface area contributed by atoms with Crippen LogP contribution in [-0.2, 0) is 17.8 Å². The molecule has 1 aromatic heterocycles. The van der Waals surface area contributed by atoms with E-state index < -0.39 is 0 Å². The molecule has 0 bridgehead atoms. The molecule has 4 rings (SSSR count). The average Bonchev–Trinajstić information content (AvgIpc) is 3.28. The molecule has 0 aliphatic carbocycles. The highest BCUT2D eigenvalue weighted by molar-refractivity contribution is 5.95. The van der Waals surface area contributed by atoms with Gasteiger partial charge in [-0.1, -0.05) is 12.5 Å². The summed E-state index contributed by atoms with van der Waals surface area (Å²) < 4.78 is 26.4. The van der Waals surface area contributed by atoms with Gasteiger partial charge in [-0.05, 0) is 68.1 Å². The molecular weight excluding hydrogens is 461 g/mol. The number of nitrogens with one attached hydrogen (secondary N) is 1. The van der Waals surface area contributed by atoms with Crippen molar-refractivity contribution in [3.8, 4) is 11.5 Å². The Kier molecular flexibility index (Phi) is 8.71. The van der Waals surface area contributed by atoms with Crippen molar-refractivity contribution in [3.05, 3.63) is 77.6 Å². The summed E-state index contributed by atoms with van der Waals surface area (Å²) in [6.07, 6.45) is 7.26. The lowest BCUT2D eigenvalue weighted by molar-refractivity contribution is -0.122. The summed E-state index contributed by atoms with van der Waals surface area (Å²) >= 11 is 0. The predicted octanol–water partition coefficient (Wildman–Crippen LogP) is 4.66. The number of aryl methyl sites for hydroxylation is 1. The van der Waals surface area contributed by atoms with Crippen LogP contribution in [0.1, 0.15) is 53.8 Å². The van der Waals surface area contributed by atoms with Crippen molar-refractivity contribution < 1.29 is 23.5 Å². The van der Waals surface area contributed by atoms with Gasteiger partial charge in [0.15, 0.2) is 17.3 Å². The van der Waals surface area contributed by atoms with Crippen molar-refractivity contribution in [2.75, 3.05) is 13.2 Å². The van der Waals surface area contributed by atoms with E-state index in [1.54, 1.807) is 6.20 Å². The number of Topliss-reactive ketones (excluding diaryl/α,β-unsaturated/α-hetero) is 1. The molecule has 0 radical (unpaired) electrons. The molecule has 1 N–H and O–H groups in total. The van der Waals surface area contributed by atoms with Crippen LogP contribution in [0, 0.1) is 12.7 Å². The minimum Gasteiger partial charge on any atom is -0.486 e. The Hall–Kier alpha value is -3.68. The van der Waals surface area contributed by atoms with Gasteiger partial charge in [-0.2, -0.15) is 0 Å². The van der Waals surface area contributed by atoms with Crippen LogP contribution < -0.4 is 14.8 Å². The number of hydrogen-bond acceptors (Lipinski definition) is 5. The number of hydrogen-bond donors (Lipinski definition) is 1. The second-order valence-electron chi connectivity index (χ2n) is 9.06. The van der Waals surface area contributed by atoms with Crippen LogP contribution in [-0.4, -0.2) is 40.5 Å². The number of ether oxygens (including phenoxy) is 2. The number of amides is 1. The first-order chi connectivity index (χ1) is 17.5. The van der Waals surface area contributed by atoms with E-state index >= 15 is 0 Å². The zero-order valence-electron chi connectivity index (χ0n) is 20.5. The third-order valence-corrected chi connectivity index (χ3v) is 6.27. The number of fused-ring (bicyclic) bond motifs is 1. The molecule has 1 unspecified atom stereocenters. The summed E-state index contributed by atoms with van der Waals surface area (Å²) in [4.78, 5) is 29.3. The van der Waals surface area contributed by atoms with Gasteiger partial charge < -0.3 is 19.4 Å². The van der Waals surface area contributed by atoms with Gasteiger partial charge >= 0.3 is 0 Å². The van der Waals surface area contributed by atoms with E-state index in [0.717, 1.165) is 29.3 Å². The minimum absolute atomic E-state index is 0.00496. The molecule has 190 valence electrons. The summed E-state index contributed by atoms with van der Waals surface area (Å²) in [5.41, 5.74) is 1.58. The fraction of sp³-hybridized carbons (Fsp3) is 0.393. The number of carbonyl (C=O) groups is 2. The van der Waals surface area contributed by atoms with Gasteiger partial charge in [-0.15, -0.1) is 0 Å². The Morgan fingerprint density at radius 3 is 2.53 bits per heavy atom. The highest BCUT2D eigenvalue weighted by Crippen LogP contribution is 2.31. The molecule has 7 nitrogen and oxygen atoms in total. The maximum absolute atomic E-state index is 13.0. The molecule has 1 atom stereocenters. The average molecular weight is 494 g/mol. The molecule has 2 aromatic carbocycles. The van der Waals surface area contributed by atoms with Crippen molar-refractivity contribution in [1.82, 2.24) is 14.9 Å². The van der Waals surface area contributed by atoms with E-state index in [1.807, 2.05) is 35.9 Å². The minimum atomic E-state index is -0.354. The standard InChI is InChI=1S/C28H32FN3O4/c1-20-30-13-14-32(20)19-24(17-21-7-12-26-27(18-21)36-16-15-35-26)31-28(34)6-4-2-3-5-25(33)22-8-10-23(29)11-9-22/h7-14,18,24H,2-6,15-17,19H2,1H3,(H,31,34). The second-order valence-corrected chi connectivity index (χ2v) is 9.06. The number of benzene rings is 2. The first kappa shape index (κ1) is 25.4. The zero-order chi connectivity index (χ0) is 25.3. The molecule has 1 aliphatic heterocycles. The number of unbranched alkanes of at least 4 members (excludes halogenated alkanes) is 2. The van der Waals surface area contributed by atoms with Crippen molar-refractivity contribution in [1.29, 1.82) is 0 Å². The molecule has 0 saturated heterocycles. The number of ketones is 1. The first-order valence-corrected chi connectivity index (χ1v) is 12.4. The SMILES string of the molecule is Cc1nccn1CC(Cc1ccc2c(c1)OCCO2)NC(=O)CCCCCC(=O)c1ccc(F)cc1. The number of imidazole rings is 1. The fourth-order valence-electron chi connectivity index (χ4n) is 4.32. The van der Waals surface area contributed by atoms with Crippen LogP contribution in [0.3, 0.4) is 0 Å². The van der Waals surface area contributed by atoms with E-state index in [1.165, 1.54) is 24.3 Å². The summed E-state index contributed by atoms with van der Waals surface area (Å²) in [6, 6.07) is 11.4. The normalized spacial score (nSPS) is 13.3. The summed E-state index contributed by atoms with van der Waals surface area (Å²) in [5.74, 6) is 2.00. The monoisotopic (exact) mass is 493 g/mol. The van der Waals surface area contributed by atoms with Crippen molar-refractivity contribution in [3.63, 3.8) is 0 Å². The number of aromatic nitrogens is 2. The Morgan fingerprint density at radius 2 is 1.78 bits per heavy atom. The molecule has 8 heteroatoms. The molecule has 0 spiro atoms. The lowest BCUT2D eigenvalue weighted by Gasteiger charge is -2.22. The number of rotatable bonds is 12. The Morgan fingerprint density at radius 1 is 1.03 bits per heavy atom. The molecular formula is C28H32FN3O4. The molecule has 3 aromatic rings. The highest BCUT2D eigenvalue weighted by Gasteiger charge is 2.18. The van der Waals surface area contributed by atoms with E-state index in [4.69, 9.17) is 9.47 Å². The van der Waals surface area contributed by atoms with Crippen molar-refractivity contribution in [2.45, 2.75) is 58.0 Å². The van der Waals surface area contributed by atoms with Crippen LogP contribution in [0.15, 0.2) is 54.9 Å². The van der Waals surface area contributed by atoms with Gasteiger partial charge in [0.1, 0.15) is 24.9 Å². The van der Waals surface area contributed by atoms with Gasteiger partial charge in [-0.3, -0.25) is 9.59 Å². The Balaban J connectivity index is 1.27. The summed E-state index contributed by atoms with van der Waals surface area (Å²) in [7, 11) is 0. The Bertz CT molecular complexity index is 1180. The van der Waals surface area contributed by atoms with E-state index in [0.29, 0.717) is 57.4 Å². The van der Waals surface area contributed by atoms with E-state index in [2.05, 4.69) is 10.3 Å². The number of halogens is 1. The number of nitrogens with zero attached hydrogens (tertiary/aromatic N) is 2. The van der Waals surface area contributed by atoms with Gasteiger partial charge in [0.25, 0.3) is 0 Å². The van der Waals surface area contributed by atoms with Crippen LogP contribution in [0.2, 0.25) is 0 Å². The van der Waals surface area contributed by atoms with E-state index in [-0.39, 0.29) is 23.5 Å². The van der Waals surface area contributed by atoms with Crippen LogP contribution in [0.25, 0.3) is 0 Å². The third kappa shape index (κ3) is 7.16. The molecule has 1 amide bonds. The van der Waals surface area contributed by atoms with Gasteiger partial charge in [0, 0.05) is 37.3 Å². The van der Waals surface area contributed by atoms with Gasteiger partial charge in [-0.25, -0.2) is 9.37 Å². The molecule has 0 saturated carbocycles. The molecule has 0 fully saturated rings. The Labute approximate surface area is 210 Å². The predicted molar refractivity (Wildman–Crippen MR) is 134 cm³/mol. The quantitative estimate of drug-likeness (QED) is 0.293. The summed E-state index contributed by atoms with van der Waals surface area (Å²) in [5, 5.41) is 3.18. The lowest BCUT2D eigenvalue weighted by atomic mass is 10.0. The number of carbonyl (C=O) groups excluding carboxylic acids is 2. The molecule has 36 heavy (non-hydrogen) atoms. The van der Waals surface area contributed by atoms with Crippen LogP contribution >= 0.6 is 0 Å². The van der Waals surface area contributed by atoms with Crippen LogP contribution in [0.5, 0.6) is 11.5 Å². The molecule has 1 aliphatic rings. The lowest BCUT2D eigenvalue weighted by Crippen LogP contribution is -2.39. The molecule has 2 heterocycles. The van der Waals surface area contributed by atoms with Crippen LogP contribution in [0.4, 0.5) is 4.39 Å². The fourth-order valence-corrected chi connectivity index (χ4v) is 4.32. The third-order valence-electron chi connectivity index (χ3n) is 6.27. The maximum Gasteiger partial charge on any atom is 0.220 e. The maximum atomic E-state index is 13.0. The van der Waals surface area contributed by atoms with Crippen molar-refractivity contribution >= 4 is 11.7 Å². The second kappa shape index (κ2) is 12.3. The largest absolute Gasteiger partial charge is 0.486 e. The zero-order valence-corrected chi connectivity index (χ0v) is 20.5. The van der Waals surface area contributed by atoms with Gasteiger partial charge in [0.2, 0.25) is 5.91 Å². The van der Waals surface area contributed by atoms with Gasteiger partial charge in [0.05, 0.1) is 6.04 Å². The highest BCUT2D eigenvalue weighted by atomic mass is 19.1. The summed E-state index contributed by atoms with van der Waals surface area (Å²) in [6.45, 7) is 3.63. The first-order valence-electron chi connectivity index (χ1n) is 12.4. The van der Waals surface area contributed by atoms with Crippen molar-refractivity contribution in [2.24, 2.45) is 0 Å². The van der Waals surface area contributed by atoms with E-state index in [9.17, 15) is 14.0 Å². The smallest absolute Gasteiger partial charge is 0.220 e.